The van der Waals surface area contributed by atoms with E-state index >= 15 is 0 Å². The van der Waals surface area contributed by atoms with Gasteiger partial charge in [0.15, 0.2) is 0 Å². The first kappa shape index (κ1) is 15.1. The number of hydrogen-bond acceptors (Lipinski definition) is 5. The topological polar surface area (TPSA) is 93.2 Å². The Morgan fingerprint density at radius 1 is 1.59 bits per heavy atom. The van der Waals surface area contributed by atoms with Crippen LogP contribution in [0.2, 0.25) is 5.02 Å². The summed E-state index contributed by atoms with van der Waals surface area (Å²) < 4.78 is 6.68. The Balaban J connectivity index is 1.57. The number of amides is 1. The number of aliphatic hydroxyl groups excluding tert-OH is 1. The van der Waals surface area contributed by atoms with Gasteiger partial charge >= 0.3 is 0 Å². The SMILES string of the molecule is Cc1cc(C(=O)N[C@@H]2CC(Cn3cc(Cl)cn3)C[C@H]2O)on1. The summed E-state index contributed by atoms with van der Waals surface area (Å²) in [6, 6.07) is 1.27. The molecule has 2 heterocycles. The first-order valence-electron chi connectivity index (χ1n) is 7.11. The standard InChI is InChI=1S/C14H17ClN4O3/c1-8-2-13(22-18-8)14(21)17-11-3-9(4-12(11)20)6-19-7-10(15)5-16-19/h2,5,7,9,11-12,20H,3-4,6H2,1H3,(H,17,21)/t9?,11-,12-/m1/s1. The number of aryl methyl sites for hydroxylation is 1. The highest BCUT2D eigenvalue weighted by Gasteiger charge is 2.34. The molecule has 8 heteroatoms. The third-order valence-electron chi connectivity index (χ3n) is 3.84. The van der Waals surface area contributed by atoms with Crippen molar-refractivity contribution in [3.63, 3.8) is 0 Å². The summed E-state index contributed by atoms with van der Waals surface area (Å²) in [7, 11) is 0. The average molecular weight is 325 g/mol. The van der Waals surface area contributed by atoms with Crippen LogP contribution in [0.4, 0.5) is 0 Å². The zero-order valence-electron chi connectivity index (χ0n) is 12.1. The van der Waals surface area contributed by atoms with Crippen LogP contribution in [-0.4, -0.2) is 38.1 Å². The number of rotatable bonds is 4. The Labute approximate surface area is 132 Å². The number of carbonyl (C=O) groups excluding carboxylic acids is 1. The van der Waals surface area contributed by atoms with Gasteiger partial charge in [0.2, 0.25) is 5.76 Å². The number of hydrogen-bond donors (Lipinski definition) is 2. The molecule has 3 rings (SSSR count). The lowest BCUT2D eigenvalue weighted by molar-refractivity contribution is 0.0837. The summed E-state index contributed by atoms with van der Waals surface area (Å²) in [5.41, 5.74) is 0.644. The molecule has 1 fully saturated rings. The highest BCUT2D eigenvalue weighted by atomic mass is 35.5. The molecule has 1 saturated carbocycles. The van der Waals surface area contributed by atoms with Crippen LogP contribution in [0.1, 0.15) is 29.1 Å². The highest BCUT2D eigenvalue weighted by molar-refractivity contribution is 6.30. The van der Waals surface area contributed by atoms with E-state index in [-0.39, 0.29) is 23.6 Å². The fraction of sp³-hybridized carbons (Fsp3) is 0.500. The van der Waals surface area contributed by atoms with Gasteiger partial charge in [-0.05, 0) is 25.7 Å². The first-order valence-corrected chi connectivity index (χ1v) is 7.49. The lowest BCUT2D eigenvalue weighted by Crippen LogP contribution is -2.39. The molecular formula is C14H17ClN4O3. The molecule has 1 aliphatic carbocycles. The molecule has 1 amide bonds. The van der Waals surface area contributed by atoms with Gasteiger partial charge in [-0.3, -0.25) is 9.48 Å². The van der Waals surface area contributed by atoms with E-state index in [0.717, 1.165) is 0 Å². The number of nitrogens with one attached hydrogen (secondary N) is 1. The van der Waals surface area contributed by atoms with Crippen molar-refractivity contribution in [3.05, 3.63) is 34.9 Å². The minimum Gasteiger partial charge on any atom is -0.391 e. The Bertz CT molecular complexity index is 669. The average Bonchev–Trinajstić information content (AvgIpc) is 3.13. The summed E-state index contributed by atoms with van der Waals surface area (Å²) in [6.07, 6.45) is 4.04. The molecule has 22 heavy (non-hydrogen) atoms. The Morgan fingerprint density at radius 2 is 2.41 bits per heavy atom. The molecule has 2 aromatic rings. The second-order valence-corrected chi connectivity index (χ2v) is 6.13. The van der Waals surface area contributed by atoms with Crippen LogP contribution in [0.25, 0.3) is 0 Å². The minimum atomic E-state index is -0.580. The maximum Gasteiger partial charge on any atom is 0.290 e. The summed E-state index contributed by atoms with van der Waals surface area (Å²) in [5, 5.41) is 21.3. The predicted octanol–water partition coefficient (Wildman–Crippen LogP) is 1.40. The quantitative estimate of drug-likeness (QED) is 0.886. The van der Waals surface area contributed by atoms with Gasteiger partial charge in [-0.15, -0.1) is 0 Å². The molecule has 2 aromatic heterocycles. The van der Waals surface area contributed by atoms with Crippen molar-refractivity contribution in [2.24, 2.45) is 5.92 Å². The number of nitrogens with zero attached hydrogens (tertiary/aromatic N) is 3. The van der Waals surface area contributed by atoms with Crippen molar-refractivity contribution in [1.29, 1.82) is 0 Å². The van der Waals surface area contributed by atoms with E-state index in [1.807, 2.05) is 0 Å². The molecule has 118 valence electrons. The van der Waals surface area contributed by atoms with Crippen molar-refractivity contribution in [2.75, 3.05) is 0 Å². The Hall–Kier alpha value is -1.86. The van der Waals surface area contributed by atoms with Crippen LogP contribution >= 0.6 is 11.6 Å². The molecular weight excluding hydrogens is 308 g/mol. The van der Waals surface area contributed by atoms with Gasteiger partial charge < -0.3 is 14.9 Å². The third kappa shape index (κ3) is 3.31. The van der Waals surface area contributed by atoms with E-state index < -0.39 is 6.10 Å². The van der Waals surface area contributed by atoms with Gasteiger partial charge in [-0.2, -0.15) is 5.10 Å². The Kier molecular flexibility index (Phi) is 4.17. The smallest absolute Gasteiger partial charge is 0.290 e. The van der Waals surface area contributed by atoms with Crippen LogP contribution in [0, 0.1) is 12.8 Å². The van der Waals surface area contributed by atoms with Gasteiger partial charge in [0.1, 0.15) is 0 Å². The van der Waals surface area contributed by atoms with Gasteiger partial charge in [0, 0.05) is 18.8 Å². The lowest BCUT2D eigenvalue weighted by Gasteiger charge is -2.15. The van der Waals surface area contributed by atoms with Crippen LogP contribution in [0.5, 0.6) is 0 Å². The molecule has 7 nitrogen and oxygen atoms in total. The number of halogens is 1. The summed E-state index contributed by atoms with van der Waals surface area (Å²) in [4.78, 5) is 12.0. The van der Waals surface area contributed by atoms with E-state index in [0.29, 0.717) is 30.1 Å². The summed E-state index contributed by atoms with van der Waals surface area (Å²) in [5.74, 6) is 0.0344. The normalized spacial score (nSPS) is 24.6. The van der Waals surface area contributed by atoms with Gasteiger partial charge in [0.25, 0.3) is 5.91 Å². The van der Waals surface area contributed by atoms with Crippen molar-refractivity contribution in [2.45, 2.75) is 38.5 Å². The van der Waals surface area contributed by atoms with Crippen LogP contribution in [0.3, 0.4) is 0 Å². The fourth-order valence-corrected chi connectivity index (χ4v) is 2.99. The molecule has 1 unspecified atom stereocenters. The highest BCUT2D eigenvalue weighted by Crippen LogP contribution is 2.28. The molecule has 0 bridgehead atoms. The number of carbonyl (C=O) groups is 1. The van der Waals surface area contributed by atoms with Gasteiger partial charge in [-0.1, -0.05) is 16.8 Å². The lowest BCUT2D eigenvalue weighted by atomic mass is 10.1. The largest absolute Gasteiger partial charge is 0.391 e. The maximum atomic E-state index is 12.0. The second kappa shape index (κ2) is 6.10. The number of aliphatic hydroxyl groups is 1. The molecule has 0 aromatic carbocycles. The van der Waals surface area contributed by atoms with Crippen LogP contribution in [-0.2, 0) is 6.54 Å². The Morgan fingerprint density at radius 3 is 3.05 bits per heavy atom. The van der Waals surface area contributed by atoms with E-state index in [2.05, 4.69) is 15.6 Å². The zero-order chi connectivity index (χ0) is 15.7. The monoisotopic (exact) mass is 324 g/mol. The van der Waals surface area contributed by atoms with E-state index in [1.54, 1.807) is 30.1 Å². The van der Waals surface area contributed by atoms with E-state index in [4.69, 9.17) is 16.1 Å². The zero-order valence-corrected chi connectivity index (χ0v) is 12.8. The molecule has 0 saturated heterocycles. The van der Waals surface area contributed by atoms with Crippen molar-refractivity contribution in [1.82, 2.24) is 20.3 Å². The first-order chi connectivity index (χ1) is 10.5. The predicted molar refractivity (Wildman–Crippen MR) is 78.5 cm³/mol. The van der Waals surface area contributed by atoms with E-state index in [1.165, 1.54) is 0 Å². The third-order valence-corrected chi connectivity index (χ3v) is 4.04. The van der Waals surface area contributed by atoms with Crippen molar-refractivity contribution >= 4 is 17.5 Å². The molecule has 3 atom stereocenters. The molecule has 1 aliphatic rings. The molecule has 0 radical (unpaired) electrons. The fourth-order valence-electron chi connectivity index (χ4n) is 2.84. The molecule has 0 aliphatic heterocycles. The molecule has 2 N–H and O–H groups in total. The van der Waals surface area contributed by atoms with Gasteiger partial charge in [-0.25, -0.2) is 0 Å². The van der Waals surface area contributed by atoms with Crippen LogP contribution < -0.4 is 5.32 Å². The summed E-state index contributed by atoms with van der Waals surface area (Å²) >= 11 is 5.84. The minimum absolute atomic E-state index is 0.159. The van der Waals surface area contributed by atoms with Crippen molar-refractivity contribution < 1.29 is 14.4 Å². The van der Waals surface area contributed by atoms with E-state index in [9.17, 15) is 9.90 Å². The van der Waals surface area contributed by atoms with Crippen LogP contribution in [0.15, 0.2) is 23.0 Å². The molecule has 0 spiro atoms. The second-order valence-electron chi connectivity index (χ2n) is 5.70. The maximum absolute atomic E-state index is 12.0. The van der Waals surface area contributed by atoms with Crippen molar-refractivity contribution in [3.8, 4) is 0 Å². The summed E-state index contributed by atoms with van der Waals surface area (Å²) in [6.45, 7) is 2.41. The van der Waals surface area contributed by atoms with Gasteiger partial charge in [0.05, 0.1) is 29.1 Å². The number of aromatic nitrogens is 3.